The van der Waals surface area contributed by atoms with Crippen molar-refractivity contribution in [3.8, 4) is 0 Å². The molecule has 0 unspecified atom stereocenters. The highest BCUT2D eigenvalue weighted by Gasteiger charge is 2.39. The van der Waals surface area contributed by atoms with Gasteiger partial charge in [-0.3, -0.25) is 0 Å². The van der Waals surface area contributed by atoms with Gasteiger partial charge in [0, 0.05) is 5.54 Å². The maximum absolute atomic E-state index is 12.5. The smallest absolute Gasteiger partial charge is 0.123 e. The van der Waals surface area contributed by atoms with Gasteiger partial charge in [0.2, 0.25) is 0 Å². The van der Waals surface area contributed by atoms with E-state index >= 15 is 0 Å². The SMILES string of the molecule is Cl.NC1(c2ccc(F)cc2)CC1. The van der Waals surface area contributed by atoms with Crippen LogP contribution in [0, 0.1) is 5.82 Å². The third kappa shape index (κ3) is 1.59. The van der Waals surface area contributed by atoms with Crippen LogP contribution in [0.2, 0.25) is 0 Å². The molecule has 1 aromatic carbocycles. The quantitative estimate of drug-likeness (QED) is 0.717. The Balaban J connectivity index is 0.000000720. The van der Waals surface area contributed by atoms with Gasteiger partial charge in [-0.1, -0.05) is 12.1 Å². The van der Waals surface area contributed by atoms with Crippen molar-refractivity contribution in [2.75, 3.05) is 0 Å². The summed E-state index contributed by atoms with van der Waals surface area (Å²) in [5.74, 6) is -0.196. The molecule has 0 heterocycles. The lowest BCUT2D eigenvalue weighted by Gasteiger charge is -2.07. The first kappa shape index (κ1) is 9.49. The molecule has 1 nitrogen and oxygen atoms in total. The monoisotopic (exact) mass is 187 g/mol. The zero-order chi connectivity index (χ0) is 7.90. The minimum atomic E-state index is -0.196. The first-order valence-electron chi connectivity index (χ1n) is 3.76. The molecule has 0 aliphatic heterocycles. The molecule has 0 aromatic heterocycles. The third-order valence-corrected chi connectivity index (χ3v) is 2.21. The van der Waals surface area contributed by atoms with E-state index in [1.807, 2.05) is 0 Å². The number of rotatable bonds is 1. The van der Waals surface area contributed by atoms with Gasteiger partial charge in [0.05, 0.1) is 0 Å². The largest absolute Gasteiger partial charge is 0.321 e. The molecule has 0 radical (unpaired) electrons. The predicted octanol–water partition coefficient (Wildman–Crippen LogP) is 2.20. The van der Waals surface area contributed by atoms with Crippen LogP contribution in [0.15, 0.2) is 24.3 Å². The molecule has 1 saturated carbocycles. The van der Waals surface area contributed by atoms with Crippen LogP contribution in [0.5, 0.6) is 0 Å². The second kappa shape index (κ2) is 3.04. The first-order chi connectivity index (χ1) is 5.21. The van der Waals surface area contributed by atoms with Crippen LogP contribution in [0.25, 0.3) is 0 Å². The van der Waals surface area contributed by atoms with Gasteiger partial charge < -0.3 is 5.73 Å². The van der Waals surface area contributed by atoms with Gasteiger partial charge in [-0.15, -0.1) is 12.4 Å². The van der Waals surface area contributed by atoms with Crippen molar-refractivity contribution < 1.29 is 4.39 Å². The second-order valence-electron chi connectivity index (χ2n) is 3.16. The van der Waals surface area contributed by atoms with Crippen LogP contribution >= 0.6 is 12.4 Å². The van der Waals surface area contributed by atoms with E-state index in [0.717, 1.165) is 18.4 Å². The molecule has 1 fully saturated rings. The summed E-state index contributed by atoms with van der Waals surface area (Å²) in [5, 5.41) is 0. The van der Waals surface area contributed by atoms with Crippen LogP contribution in [0.1, 0.15) is 18.4 Å². The van der Waals surface area contributed by atoms with Crippen molar-refractivity contribution in [3.63, 3.8) is 0 Å². The van der Waals surface area contributed by atoms with E-state index < -0.39 is 0 Å². The fraction of sp³-hybridized carbons (Fsp3) is 0.333. The summed E-state index contributed by atoms with van der Waals surface area (Å²) < 4.78 is 12.5. The summed E-state index contributed by atoms with van der Waals surface area (Å²) in [6, 6.07) is 6.45. The topological polar surface area (TPSA) is 26.0 Å². The van der Waals surface area contributed by atoms with E-state index in [4.69, 9.17) is 5.73 Å². The fourth-order valence-corrected chi connectivity index (χ4v) is 1.21. The highest BCUT2D eigenvalue weighted by Crippen LogP contribution is 2.42. The number of halogens is 2. The molecule has 3 heteroatoms. The Hall–Kier alpha value is -0.600. The number of hydrogen-bond acceptors (Lipinski definition) is 1. The highest BCUT2D eigenvalue weighted by atomic mass is 35.5. The van der Waals surface area contributed by atoms with Crippen LogP contribution in [0.4, 0.5) is 4.39 Å². The standard InChI is InChI=1S/C9H10FN.ClH/c10-8-3-1-7(2-4-8)9(11)5-6-9;/h1-4H,5-6,11H2;1H. The second-order valence-corrected chi connectivity index (χ2v) is 3.16. The molecular formula is C9H11ClFN. The zero-order valence-electron chi connectivity index (χ0n) is 6.59. The zero-order valence-corrected chi connectivity index (χ0v) is 7.40. The molecule has 0 atom stereocenters. The lowest BCUT2D eigenvalue weighted by molar-refractivity contribution is 0.624. The van der Waals surface area contributed by atoms with E-state index in [9.17, 15) is 4.39 Å². The Bertz CT molecular complexity index is 266. The van der Waals surface area contributed by atoms with Crippen molar-refractivity contribution in [2.45, 2.75) is 18.4 Å². The number of benzene rings is 1. The Labute approximate surface area is 77.2 Å². The Kier molecular flexibility index (Phi) is 2.40. The van der Waals surface area contributed by atoms with Crippen molar-refractivity contribution in [3.05, 3.63) is 35.6 Å². The fourth-order valence-electron chi connectivity index (χ4n) is 1.21. The average molecular weight is 188 g/mol. The molecule has 2 rings (SSSR count). The predicted molar refractivity (Wildman–Crippen MR) is 48.7 cm³/mol. The van der Waals surface area contributed by atoms with Gasteiger partial charge in [0.25, 0.3) is 0 Å². The van der Waals surface area contributed by atoms with Crippen molar-refractivity contribution in [2.24, 2.45) is 5.73 Å². The molecule has 1 aliphatic carbocycles. The maximum Gasteiger partial charge on any atom is 0.123 e. The molecule has 2 N–H and O–H groups in total. The molecule has 0 spiro atoms. The van der Waals surface area contributed by atoms with Gasteiger partial charge in [0.15, 0.2) is 0 Å². The summed E-state index contributed by atoms with van der Waals surface area (Å²) in [6.07, 6.45) is 2.05. The molecule has 1 aliphatic rings. The summed E-state index contributed by atoms with van der Waals surface area (Å²) in [6.45, 7) is 0. The summed E-state index contributed by atoms with van der Waals surface area (Å²) in [7, 11) is 0. The number of nitrogens with two attached hydrogens (primary N) is 1. The van der Waals surface area contributed by atoms with E-state index in [1.165, 1.54) is 12.1 Å². The molecule has 12 heavy (non-hydrogen) atoms. The summed E-state index contributed by atoms with van der Waals surface area (Å²) in [4.78, 5) is 0. The van der Waals surface area contributed by atoms with Gasteiger partial charge in [-0.2, -0.15) is 0 Å². The van der Waals surface area contributed by atoms with Crippen LogP contribution in [-0.2, 0) is 5.54 Å². The first-order valence-corrected chi connectivity index (χ1v) is 3.76. The van der Waals surface area contributed by atoms with Gasteiger partial charge in [-0.25, -0.2) is 4.39 Å². The minimum absolute atomic E-state index is 0. The van der Waals surface area contributed by atoms with E-state index in [2.05, 4.69) is 0 Å². The average Bonchev–Trinajstić information content (AvgIpc) is 2.70. The van der Waals surface area contributed by atoms with Gasteiger partial charge in [0.1, 0.15) is 5.82 Å². The van der Waals surface area contributed by atoms with Gasteiger partial charge >= 0.3 is 0 Å². The van der Waals surface area contributed by atoms with E-state index in [1.54, 1.807) is 12.1 Å². The van der Waals surface area contributed by atoms with Crippen molar-refractivity contribution >= 4 is 12.4 Å². The Morgan fingerprint density at radius 2 is 1.67 bits per heavy atom. The number of hydrogen-bond donors (Lipinski definition) is 1. The molecule has 66 valence electrons. The lowest BCUT2D eigenvalue weighted by atomic mass is 10.1. The van der Waals surface area contributed by atoms with E-state index in [0.29, 0.717) is 0 Å². The molecule has 0 saturated heterocycles. The molecule has 0 bridgehead atoms. The van der Waals surface area contributed by atoms with Crippen LogP contribution in [0.3, 0.4) is 0 Å². The minimum Gasteiger partial charge on any atom is -0.321 e. The molecule has 1 aromatic rings. The summed E-state index contributed by atoms with van der Waals surface area (Å²) in [5.41, 5.74) is 6.82. The summed E-state index contributed by atoms with van der Waals surface area (Å²) >= 11 is 0. The third-order valence-electron chi connectivity index (χ3n) is 2.21. The van der Waals surface area contributed by atoms with Crippen LogP contribution < -0.4 is 5.73 Å². The van der Waals surface area contributed by atoms with Crippen LogP contribution in [-0.4, -0.2) is 0 Å². The lowest BCUT2D eigenvalue weighted by Crippen LogP contribution is -2.18. The molecule has 0 amide bonds. The Morgan fingerprint density at radius 1 is 1.17 bits per heavy atom. The maximum atomic E-state index is 12.5. The van der Waals surface area contributed by atoms with Crippen molar-refractivity contribution in [1.29, 1.82) is 0 Å². The molecular weight excluding hydrogens is 177 g/mol. The van der Waals surface area contributed by atoms with Gasteiger partial charge in [-0.05, 0) is 30.5 Å². The van der Waals surface area contributed by atoms with E-state index in [-0.39, 0.29) is 23.8 Å². The normalized spacial score (nSPS) is 18.2. The van der Waals surface area contributed by atoms with Crippen molar-refractivity contribution in [1.82, 2.24) is 0 Å². The Morgan fingerprint density at radius 3 is 2.08 bits per heavy atom. The highest BCUT2D eigenvalue weighted by molar-refractivity contribution is 5.85.